The van der Waals surface area contributed by atoms with Gasteiger partial charge in [-0.15, -0.1) is 0 Å². The molecular weight excluding hydrogens is 194 g/mol. The summed E-state index contributed by atoms with van der Waals surface area (Å²) < 4.78 is 0. The van der Waals surface area contributed by atoms with E-state index in [1.165, 1.54) is 17.6 Å². The number of hydrogen-bond donors (Lipinski definition) is 1. The van der Waals surface area contributed by atoms with Crippen LogP contribution in [0.5, 0.6) is 0 Å². The van der Waals surface area contributed by atoms with Crippen LogP contribution in [-0.4, -0.2) is 0 Å². The number of anilines is 1. The van der Waals surface area contributed by atoms with Gasteiger partial charge in [-0.25, -0.2) is 0 Å². The summed E-state index contributed by atoms with van der Waals surface area (Å²) in [5.74, 6) is 0.627. The lowest BCUT2D eigenvalue weighted by atomic mass is 9.92. The highest BCUT2D eigenvalue weighted by atomic mass is 14.5. The first-order chi connectivity index (χ1) is 7.67. The number of allylic oxidation sites excluding steroid dienone is 2. The van der Waals surface area contributed by atoms with Gasteiger partial charge in [0.15, 0.2) is 0 Å². The topological polar surface area (TPSA) is 26.0 Å². The molecule has 1 rings (SSSR count). The molecule has 0 spiro atoms. The van der Waals surface area contributed by atoms with Crippen molar-refractivity contribution in [3.63, 3.8) is 0 Å². The maximum Gasteiger partial charge on any atom is 0.0314 e. The summed E-state index contributed by atoms with van der Waals surface area (Å²) in [5, 5.41) is 0. The molecule has 1 unspecified atom stereocenters. The van der Waals surface area contributed by atoms with Gasteiger partial charge in [-0.2, -0.15) is 0 Å². The zero-order valence-electron chi connectivity index (χ0n) is 10.7. The van der Waals surface area contributed by atoms with E-state index in [0.29, 0.717) is 5.92 Å². The monoisotopic (exact) mass is 217 g/mol. The third kappa shape index (κ3) is 3.73. The summed E-state index contributed by atoms with van der Waals surface area (Å²) in [6.45, 7) is 6.65. The van der Waals surface area contributed by atoms with Gasteiger partial charge in [0.25, 0.3) is 0 Å². The van der Waals surface area contributed by atoms with Crippen molar-refractivity contribution in [3.8, 4) is 0 Å². The molecule has 2 N–H and O–H groups in total. The molecule has 0 bridgehead atoms. The first-order valence-corrected chi connectivity index (χ1v) is 6.18. The van der Waals surface area contributed by atoms with Crippen molar-refractivity contribution in [2.45, 2.75) is 46.0 Å². The van der Waals surface area contributed by atoms with Gasteiger partial charge in [-0.1, -0.05) is 37.6 Å². The Hall–Kier alpha value is -1.24. The summed E-state index contributed by atoms with van der Waals surface area (Å²) in [7, 11) is 0. The molecule has 0 heterocycles. The van der Waals surface area contributed by atoms with E-state index in [-0.39, 0.29) is 0 Å². The largest absolute Gasteiger partial charge is 0.399 e. The van der Waals surface area contributed by atoms with E-state index in [2.05, 4.69) is 39.0 Å². The zero-order valence-corrected chi connectivity index (χ0v) is 10.7. The Balaban J connectivity index is 2.71. The van der Waals surface area contributed by atoms with Gasteiger partial charge in [-0.3, -0.25) is 0 Å². The number of rotatable bonds is 5. The molecule has 0 saturated heterocycles. The molecule has 1 aromatic rings. The van der Waals surface area contributed by atoms with Gasteiger partial charge < -0.3 is 5.73 Å². The molecule has 1 aromatic carbocycles. The van der Waals surface area contributed by atoms with Crippen LogP contribution in [0.2, 0.25) is 0 Å². The van der Waals surface area contributed by atoms with Crippen LogP contribution in [0.4, 0.5) is 5.69 Å². The van der Waals surface area contributed by atoms with Crippen LogP contribution < -0.4 is 5.73 Å². The van der Waals surface area contributed by atoms with Crippen molar-refractivity contribution in [1.82, 2.24) is 0 Å². The van der Waals surface area contributed by atoms with Crippen molar-refractivity contribution in [1.29, 1.82) is 0 Å². The quantitative estimate of drug-likeness (QED) is 0.570. The maximum atomic E-state index is 5.70. The highest BCUT2D eigenvalue weighted by Crippen LogP contribution is 2.25. The summed E-state index contributed by atoms with van der Waals surface area (Å²) in [4.78, 5) is 0. The van der Waals surface area contributed by atoms with Gasteiger partial charge in [-0.05, 0) is 49.8 Å². The molecule has 0 aliphatic heterocycles. The number of benzene rings is 1. The van der Waals surface area contributed by atoms with Crippen molar-refractivity contribution in [2.24, 2.45) is 0 Å². The van der Waals surface area contributed by atoms with E-state index in [1.807, 2.05) is 12.1 Å². The molecule has 0 radical (unpaired) electrons. The first kappa shape index (κ1) is 12.8. The fourth-order valence-electron chi connectivity index (χ4n) is 1.79. The third-order valence-electron chi connectivity index (χ3n) is 3.21. The highest BCUT2D eigenvalue weighted by molar-refractivity contribution is 5.40. The van der Waals surface area contributed by atoms with E-state index in [1.54, 1.807) is 0 Å². The van der Waals surface area contributed by atoms with Crippen molar-refractivity contribution >= 4 is 5.69 Å². The standard InChI is InChI=1S/C15H23N/c1-4-12(3)6-7-13(5-2)14-8-10-15(16)11-9-14/h6,8-11,13H,4-5,7,16H2,1-3H3/b12-6+. The number of nitrogens with two attached hydrogens (primary N) is 1. The molecular formula is C15H23N. The van der Waals surface area contributed by atoms with E-state index in [9.17, 15) is 0 Å². The Morgan fingerprint density at radius 3 is 2.38 bits per heavy atom. The molecule has 0 aromatic heterocycles. The minimum Gasteiger partial charge on any atom is -0.399 e. The molecule has 88 valence electrons. The summed E-state index contributed by atoms with van der Waals surface area (Å²) in [5.41, 5.74) is 9.43. The Morgan fingerprint density at radius 1 is 1.25 bits per heavy atom. The highest BCUT2D eigenvalue weighted by Gasteiger charge is 2.07. The smallest absolute Gasteiger partial charge is 0.0314 e. The van der Waals surface area contributed by atoms with Crippen LogP contribution in [-0.2, 0) is 0 Å². The predicted molar refractivity (Wildman–Crippen MR) is 72.6 cm³/mol. The Labute approximate surface area is 99.4 Å². The van der Waals surface area contributed by atoms with Crippen molar-refractivity contribution in [3.05, 3.63) is 41.5 Å². The van der Waals surface area contributed by atoms with Crippen LogP contribution >= 0.6 is 0 Å². The molecule has 16 heavy (non-hydrogen) atoms. The maximum absolute atomic E-state index is 5.70. The predicted octanol–water partition coefficient (Wildman–Crippen LogP) is 4.51. The molecule has 1 nitrogen and oxygen atoms in total. The van der Waals surface area contributed by atoms with E-state index in [4.69, 9.17) is 5.73 Å². The Kier molecular flexibility index (Phi) is 5.10. The van der Waals surface area contributed by atoms with Crippen molar-refractivity contribution in [2.75, 3.05) is 5.73 Å². The average Bonchev–Trinajstić information content (AvgIpc) is 2.31. The van der Waals surface area contributed by atoms with Crippen molar-refractivity contribution < 1.29 is 0 Å². The first-order valence-electron chi connectivity index (χ1n) is 6.18. The lowest BCUT2D eigenvalue weighted by Crippen LogP contribution is -1.96. The summed E-state index contributed by atoms with van der Waals surface area (Å²) >= 11 is 0. The number of nitrogen functional groups attached to an aromatic ring is 1. The van der Waals surface area contributed by atoms with Gasteiger partial charge >= 0.3 is 0 Å². The average molecular weight is 217 g/mol. The second-order valence-corrected chi connectivity index (χ2v) is 4.41. The molecule has 0 amide bonds. The van der Waals surface area contributed by atoms with Crippen LogP contribution in [0.3, 0.4) is 0 Å². The SMILES string of the molecule is CC/C(C)=C/CC(CC)c1ccc(N)cc1. The normalized spacial score (nSPS) is 13.8. The van der Waals surface area contributed by atoms with E-state index < -0.39 is 0 Å². The van der Waals surface area contributed by atoms with Gasteiger partial charge in [0.05, 0.1) is 0 Å². The van der Waals surface area contributed by atoms with Gasteiger partial charge in [0.2, 0.25) is 0 Å². The molecule has 1 heteroatoms. The third-order valence-corrected chi connectivity index (χ3v) is 3.21. The summed E-state index contributed by atoms with van der Waals surface area (Å²) in [6.07, 6.45) is 5.83. The van der Waals surface area contributed by atoms with Crippen LogP contribution in [0, 0.1) is 0 Å². The zero-order chi connectivity index (χ0) is 12.0. The fourth-order valence-corrected chi connectivity index (χ4v) is 1.79. The minimum atomic E-state index is 0.627. The van der Waals surface area contributed by atoms with Crippen LogP contribution in [0.1, 0.15) is 51.5 Å². The van der Waals surface area contributed by atoms with Gasteiger partial charge in [0.1, 0.15) is 0 Å². The molecule has 1 atom stereocenters. The van der Waals surface area contributed by atoms with Crippen LogP contribution in [0.15, 0.2) is 35.9 Å². The Morgan fingerprint density at radius 2 is 1.88 bits per heavy atom. The molecule has 0 fully saturated rings. The van der Waals surface area contributed by atoms with Gasteiger partial charge in [0, 0.05) is 5.69 Å². The fraction of sp³-hybridized carbons (Fsp3) is 0.467. The number of hydrogen-bond acceptors (Lipinski definition) is 1. The lowest BCUT2D eigenvalue weighted by Gasteiger charge is -2.13. The second kappa shape index (κ2) is 6.37. The Bertz CT molecular complexity index is 335. The second-order valence-electron chi connectivity index (χ2n) is 4.41. The molecule has 0 aliphatic carbocycles. The molecule has 0 saturated carbocycles. The minimum absolute atomic E-state index is 0.627. The molecule has 0 aliphatic rings. The van der Waals surface area contributed by atoms with Crippen LogP contribution in [0.25, 0.3) is 0 Å². The van der Waals surface area contributed by atoms with E-state index >= 15 is 0 Å². The lowest BCUT2D eigenvalue weighted by molar-refractivity contribution is 0.671. The van der Waals surface area contributed by atoms with E-state index in [0.717, 1.165) is 18.5 Å². The summed E-state index contributed by atoms with van der Waals surface area (Å²) in [6, 6.07) is 8.29.